The minimum atomic E-state index is -4.69. The molecular formula is C21H19F3N2O3S2. The Morgan fingerprint density at radius 2 is 1.65 bits per heavy atom. The summed E-state index contributed by atoms with van der Waals surface area (Å²) in [6, 6.07) is 13.4. The Hall–Kier alpha value is -2.69. The van der Waals surface area contributed by atoms with Crippen LogP contribution in [-0.4, -0.2) is 27.0 Å². The van der Waals surface area contributed by atoms with E-state index in [9.17, 15) is 26.4 Å². The minimum Gasteiger partial charge on any atom is -0.337 e. The van der Waals surface area contributed by atoms with Crippen molar-refractivity contribution in [3.05, 3.63) is 88.1 Å². The molecule has 10 heteroatoms. The summed E-state index contributed by atoms with van der Waals surface area (Å²) < 4.78 is 67.5. The van der Waals surface area contributed by atoms with Gasteiger partial charge >= 0.3 is 6.18 Å². The molecule has 164 valence electrons. The number of carbonyl (C=O) groups excluding carboxylic acids is 1. The highest BCUT2D eigenvalue weighted by molar-refractivity contribution is 7.89. The normalized spacial score (nSPS) is 13.0. The zero-order chi connectivity index (χ0) is 22.5. The Balaban J connectivity index is 1.67. The molecule has 1 amide bonds. The fourth-order valence-electron chi connectivity index (χ4n) is 2.85. The zero-order valence-corrected chi connectivity index (χ0v) is 17.7. The average Bonchev–Trinajstić information content (AvgIpc) is 3.25. The first-order valence-electron chi connectivity index (χ1n) is 9.21. The predicted octanol–water partition coefficient (Wildman–Crippen LogP) is 4.30. The smallest absolute Gasteiger partial charge is 0.337 e. The van der Waals surface area contributed by atoms with E-state index in [1.807, 2.05) is 22.8 Å². The van der Waals surface area contributed by atoms with Gasteiger partial charge in [0.25, 0.3) is 5.91 Å². The number of nitrogens with one attached hydrogen (secondary N) is 2. The van der Waals surface area contributed by atoms with E-state index in [0.29, 0.717) is 6.42 Å². The highest BCUT2D eigenvalue weighted by atomic mass is 32.2. The van der Waals surface area contributed by atoms with Crippen LogP contribution in [0.15, 0.2) is 77.0 Å². The number of hydrogen-bond donors (Lipinski definition) is 2. The molecule has 0 aliphatic heterocycles. The molecule has 3 aromatic rings. The van der Waals surface area contributed by atoms with Crippen molar-refractivity contribution in [2.75, 3.05) is 6.54 Å². The number of sulfonamides is 1. The first kappa shape index (κ1) is 23.0. The number of carbonyl (C=O) groups is 1. The Morgan fingerprint density at radius 1 is 0.968 bits per heavy atom. The molecule has 1 heterocycles. The van der Waals surface area contributed by atoms with E-state index in [0.717, 1.165) is 4.88 Å². The summed E-state index contributed by atoms with van der Waals surface area (Å²) in [6.07, 6.45) is -4.15. The van der Waals surface area contributed by atoms with Gasteiger partial charge in [0.1, 0.15) is 0 Å². The Labute approximate surface area is 182 Å². The van der Waals surface area contributed by atoms with E-state index in [1.54, 1.807) is 6.07 Å². The van der Waals surface area contributed by atoms with Crippen LogP contribution in [0, 0.1) is 0 Å². The van der Waals surface area contributed by atoms with E-state index in [2.05, 4.69) is 4.72 Å². The molecule has 2 aromatic carbocycles. The number of benzene rings is 2. The Bertz CT molecular complexity index is 1100. The van der Waals surface area contributed by atoms with Gasteiger partial charge in [0.2, 0.25) is 10.0 Å². The number of rotatable bonds is 8. The second-order valence-electron chi connectivity index (χ2n) is 6.61. The number of thiophene rings is 1. The topological polar surface area (TPSA) is 75.3 Å². The van der Waals surface area contributed by atoms with Crippen molar-refractivity contribution < 1.29 is 26.4 Å². The van der Waals surface area contributed by atoms with Crippen molar-refractivity contribution in [1.29, 1.82) is 0 Å². The van der Waals surface area contributed by atoms with E-state index in [-0.39, 0.29) is 22.6 Å². The second-order valence-corrected chi connectivity index (χ2v) is 9.41. The van der Waals surface area contributed by atoms with Crippen LogP contribution < -0.4 is 10.0 Å². The summed E-state index contributed by atoms with van der Waals surface area (Å²) in [7, 11) is -3.80. The van der Waals surface area contributed by atoms with E-state index < -0.39 is 28.1 Å². The summed E-state index contributed by atoms with van der Waals surface area (Å²) in [6.45, 7) is 0.204. The maximum atomic E-state index is 13.4. The third-order valence-electron chi connectivity index (χ3n) is 4.41. The lowest BCUT2D eigenvalue weighted by Gasteiger charge is -2.22. The van der Waals surface area contributed by atoms with Crippen LogP contribution in [-0.2, 0) is 16.4 Å². The summed E-state index contributed by atoms with van der Waals surface area (Å²) in [5.41, 5.74) is -0.180. The molecule has 0 bridgehead atoms. The van der Waals surface area contributed by atoms with Gasteiger partial charge in [-0.15, -0.1) is 11.3 Å². The van der Waals surface area contributed by atoms with Gasteiger partial charge in [-0.05, 0) is 47.7 Å². The molecule has 0 aliphatic rings. The molecular weight excluding hydrogens is 449 g/mol. The number of halogens is 3. The summed E-state index contributed by atoms with van der Waals surface area (Å²) >= 11 is 1.52. The Morgan fingerprint density at radius 3 is 2.23 bits per heavy atom. The fraction of sp³-hybridized carbons (Fsp3) is 0.190. The molecule has 5 nitrogen and oxygen atoms in total. The highest BCUT2D eigenvalue weighted by Gasteiger charge is 2.41. The maximum Gasteiger partial charge on any atom is 0.412 e. The summed E-state index contributed by atoms with van der Waals surface area (Å²) in [5.74, 6) is -0.958. The van der Waals surface area contributed by atoms with Crippen LogP contribution in [0.4, 0.5) is 13.2 Å². The van der Waals surface area contributed by atoms with Crippen LogP contribution in [0.1, 0.15) is 26.8 Å². The van der Waals surface area contributed by atoms with Crippen molar-refractivity contribution in [3.63, 3.8) is 0 Å². The lowest BCUT2D eigenvalue weighted by Crippen LogP contribution is -2.38. The molecule has 0 fully saturated rings. The van der Waals surface area contributed by atoms with Gasteiger partial charge in [-0.25, -0.2) is 13.1 Å². The average molecular weight is 469 g/mol. The molecule has 0 spiro atoms. The number of hydrogen-bond acceptors (Lipinski definition) is 4. The van der Waals surface area contributed by atoms with E-state index >= 15 is 0 Å². The van der Waals surface area contributed by atoms with Gasteiger partial charge in [0, 0.05) is 17.0 Å². The van der Waals surface area contributed by atoms with Crippen molar-refractivity contribution in [2.24, 2.45) is 0 Å². The van der Waals surface area contributed by atoms with Gasteiger partial charge in [-0.1, -0.05) is 36.4 Å². The monoisotopic (exact) mass is 468 g/mol. The lowest BCUT2D eigenvalue weighted by atomic mass is 10.1. The first-order valence-corrected chi connectivity index (χ1v) is 11.6. The fourth-order valence-corrected chi connectivity index (χ4v) is 4.59. The molecule has 31 heavy (non-hydrogen) atoms. The maximum absolute atomic E-state index is 13.4. The van der Waals surface area contributed by atoms with Gasteiger partial charge in [0.05, 0.1) is 4.90 Å². The van der Waals surface area contributed by atoms with E-state index in [4.69, 9.17) is 0 Å². The first-order chi connectivity index (χ1) is 14.7. The van der Waals surface area contributed by atoms with Crippen LogP contribution >= 0.6 is 11.3 Å². The molecule has 0 radical (unpaired) electrons. The van der Waals surface area contributed by atoms with Crippen LogP contribution in [0.3, 0.4) is 0 Å². The highest BCUT2D eigenvalue weighted by Crippen LogP contribution is 2.32. The van der Waals surface area contributed by atoms with Crippen molar-refractivity contribution in [1.82, 2.24) is 10.0 Å². The van der Waals surface area contributed by atoms with Crippen LogP contribution in [0.25, 0.3) is 0 Å². The van der Waals surface area contributed by atoms with Gasteiger partial charge in [0.15, 0.2) is 6.04 Å². The Kier molecular flexibility index (Phi) is 7.14. The van der Waals surface area contributed by atoms with Crippen molar-refractivity contribution >= 4 is 27.3 Å². The van der Waals surface area contributed by atoms with Gasteiger partial charge in [-0.3, -0.25) is 4.79 Å². The van der Waals surface area contributed by atoms with Crippen molar-refractivity contribution in [3.8, 4) is 0 Å². The molecule has 0 saturated carbocycles. The number of alkyl halides is 3. The number of amides is 1. The third-order valence-corrected chi connectivity index (χ3v) is 6.82. The summed E-state index contributed by atoms with van der Waals surface area (Å²) in [4.78, 5) is 13.3. The van der Waals surface area contributed by atoms with Gasteiger partial charge in [-0.2, -0.15) is 13.2 Å². The molecule has 2 N–H and O–H groups in total. The standard InChI is InChI=1S/C21H19F3N2O3S2/c22-21(23,24)19(15-5-2-1-3-6-15)26-20(27)16-8-10-18(11-9-16)31(28,29)25-13-12-17-7-4-14-30-17/h1-11,14,19,25H,12-13H2,(H,26,27). The SMILES string of the molecule is O=C(NC(c1ccccc1)C(F)(F)F)c1ccc(S(=O)(=O)NCCc2cccs2)cc1. The largest absolute Gasteiger partial charge is 0.412 e. The lowest BCUT2D eigenvalue weighted by molar-refractivity contribution is -0.155. The molecule has 0 aliphatic carbocycles. The second kappa shape index (κ2) is 9.63. The van der Waals surface area contributed by atoms with Gasteiger partial charge < -0.3 is 5.32 Å². The quantitative estimate of drug-likeness (QED) is 0.518. The van der Waals surface area contributed by atoms with Crippen LogP contribution in [0.2, 0.25) is 0 Å². The third kappa shape index (κ3) is 6.16. The van der Waals surface area contributed by atoms with Crippen LogP contribution in [0.5, 0.6) is 0 Å². The van der Waals surface area contributed by atoms with Crippen molar-refractivity contribution in [2.45, 2.75) is 23.5 Å². The summed E-state index contributed by atoms with van der Waals surface area (Å²) in [5, 5.41) is 3.87. The zero-order valence-electron chi connectivity index (χ0n) is 16.1. The van der Waals surface area contributed by atoms with E-state index in [1.165, 1.54) is 59.9 Å². The molecule has 1 unspecified atom stereocenters. The molecule has 1 atom stereocenters. The molecule has 1 aromatic heterocycles. The predicted molar refractivity (Wildman–Crippen MR) is 112 cm³/mol. The molecule has 3 rings (SSSR count). The minimum absolute atomic E-state index is 0.0781. The molecule has 0 saturated heterocycles.